The van der Waals surface area contributed by atoms with Crippen LogP contribution in [0.25, 0.3) is 0 Å². The fraction of sp³-hybridized carbons (Fsp3) is 0.909. The molecule has 1 aliphatic rings. The van der Waals surface area contributed by atoms with Crippen LogP contribution < -0.4 is 0 Å². The molecule has 2 nitrogen and oxygen atoms in total. The molecule has 0 aliphatic heterocycles. The number of hydrogen-bond acceptors (Lipinski definition) is 2. The van der Waals surface area contributed by atoms with Crippen molar-refractivity contribution in [1.82, 2.24) is 0 Å². The van der Waals surface area contributed by atoms with E-state index in [2.05, 4.69) is 6.92 Å². The summed E-state index contributed by atoms with van der Waals surface area (Å²) in [7, 11) is 0. The molecular weight excluding hydrogens is 164 g/mol. The topological polar surface area (TPSA) is 26.3 Å². The molecule has 0 aromatic rings. The van der Waals surface area contributed by atoms with E-state index in [1.165, 1.54) is 39.0 Å². The SMILES string of the molecule is CCC1CCCC(COC(C)=O)C1. The van der Waals surface area contributed by atoms with Crippen LogP contribution in [0, 0.1) is 11.8 Å². The lowest BCUT2D eigenvalue weighted by Crippen LogP contribution is -2.20. The molecule has 1 fully saturated rings. The minimum Gasteiger partial charge on any atom is -0.466 e. The summed E-state index contributed by atoms with van der Waals surface area (Å²) in [5.41, 5.74) is 0. The van der Waals surface area contributed by atoms with Crippen molar-refractivity contribution < 1.29 is 9.53 Å². The van der Waals surface area contributed by atoms with Gasteiger partial charge >= 0.3 is 5.97 Å². The zero-order chi connectivity index (χ0) is 9.68. The molecule has 2 heteroatoms. The third-order valence-electron chi connectivity index (χ3n) is 2.99. The molecule has 0 radical (unpaired) electrons. The first-order valence-corrected chi connectivity index (χ1v) is 5.35. The molecular formula is C11H20O2. The van der Waals surface area contributed by atoms with E-state index in [9.17, 15) is 4.79 Å². The molecule has 0 amide bonds. The number of carbonyl (C=O) groups is 1. The van der Waals surface area contributed by atoms with Crippen LogP contribution in [0.2, 0.25) is 0 Å². The van der Waals surface area contributed by atoms with E-state index in [-0.39, 0.29) is 5.97 Å². The molecule has 76 valence electrons. The molecule has 0 aromatic heterocycles. The van der Waals surface area contributed by atoms with Gasteiger partial charge in [-0.25, -0.2) is 0 Å². The fourth-order valence-corrected chi connectivity index (χ4v) is 2.16. The summed E-state index contributed by atoms with van der Waals surface area (Å²) in [4.78, 5) is 10.6. The third kappa shape index (κ3) is 3.79. The Morgan fingerprint density at radius 2 is 2.08 bits per heavy atom. The summed E-state index contributed by atoms with van der Waals surface area (Å²) in [6.45, 7) is 4.38. The smallest absolute Gasteiger partial charge is 0.302 e. The number of esters is 1. The first-order chi connectivity index (χ1) is 6.22. The van der Waals surface area contributed by atoms with Gasteiger partial charge in [0.05, 0.1) is 6.61 Å². The predicted octanol–water partition coefficient (Wildman–Crippen LogP) is 2.77. The maximum Gasteiger partial charge on any atom is 0.302 e. The highest BCUT2D eigenvalue weighted by atomic mass is 16.5. The molecule has 0 aromatic carbocycles. The van der Waals surface area contributed by atoms with Gasteiger partial charge in [-0.3, -0.25) is 4.79 Å². The lowest BCUT2D eigenvalue weighted by molar-refractivity contribution is -0.142. The summed E-state index contributed by atoms with van der Waals surface area (Å²) in [5.74, 6) is 1.36. The van der Waals surface area contributed by atoms with E-state index in [1.807, 2.05) is 0 Å². The quantitative estimate of drug-likeness (QED) is 0.630. The Bertz CT molecular complexity index is 165. The summed E-state index contributed by atoms with van der Waals surface area (Å²) in [5, 5.41) is 0. The highest BCUT2D eigenvalue weighted by Crippen LogP contribution is 2.30. The van der Waals surface area contributed by atoms with Crippen LogP contribution in [0.15, 0.2) is 0 Å². The standard InChI is InChI=1S/C11H20O2/c1-3-10-5-4-6-11(7-10)8-13-9(2)12/h10-11H,3-8H2,1-2H3. The first kappa shape index (κ1) is 10.6. The normalized spacial score (nSPS) is 28.5. The van der Waals surface area contributed by atoms with Crippen molar-refractivity contribution in [3.05, 3.63) is 0 Å². The van der Waals surface area contributed by atoms with E-state index in [0.717, 1.165) is 5.92 Å². The lowest BCUT2D eigenvalue weighted by atomic mass is 9.80. The monoisotopic (exact) mass is 184 g/mol. The van der Waals surface area contributed by atoms with Crippen LogP contribution in [-0.2, 0) is 9.53 Å². The van der Waals surface area contributed by atoms with Crippen molar-refractivity contribution in [2.75, 3.05) is 6.61 Å². The summed E-state index contributed by atoms with van der Waals surface area (Å²) in [6.07, 6.45) is 6.45. The molecule has 13 heavy (non-hydrogen) atoms. The largest absolute Gasteiger partial charge is 0.466 e. The van der Waals surface area contributed by atoms with Crippen LogP contribution in [0.5, 0.6) is 0 Å². The molecule has 0 saturated heterocycles. The average Bonchev–Trinajstić information content (AvgIpc) is 2.15. The van der Waals surface area contributed by atoms with Crippen molar-refractivity contribution in [2.24, 2.45) is 11.8 Å². The van der Waals surface area contributed by atoms with E-state index in [0.29, 0.717) is 12.5 Å². The van der Waals surface area contributed by atoms with Gasteiger partial charge in [-0.1, -0.05) is 26.2 Å². The van der Waals surface area contributed by atoms with Crippen molar-refractivity contribution in [3.63, 3.8) is 0 Å². The van der Waals surface area contributed by atoms with Crippen LogP contribution in [0.1, 0.15) is 46.0 Å². The van der Waals surface area contributed by atoms with Gasteiger partial charge in [0.2, 0.25) is 0 Å². The van der Waals surface area contributed by atoms with Gasteiger partial charge in [0.1, 0.15) is 0 Å². The molecule has 0 spiro atoms. The Morgan fingerprint density at radius 3 is 2.69 bits per heavy atom. The van der Waals surface area contributed by atoms with Gasteiger partial charge in [0.15, 0.2) is 0 Å². The molecule has 0 heterocycles. The molecule has 2 unspecified atom stereocenters. The van der Waals surface area contributed by atoms with Crippen LogP contribution in [0.4, 0.5) is 0 Å². The molecule has 0 bridgehead atoms. The Kier molecular flexibility index (Phi) is 4.26. The van der Waals surface area contributed by atoms with Gasteiger partial charge in [-0.2, -0.15) is 0 Å². The Morgan fingerprint density at radius 1 is 1.38 bits per heavy atom. The lowest BCUT2D eigenvalue weighted by Gasteiger charge is -2.27. The van der Waals surface area contributed by atoms with Gasteiger partial charge in [0, 0.05) is 6.92 Å². The van der Waals surface area contributed by atoms with E-state index in [4.69, 9.17) is 4.74 Å². The predicted molar refractivity (Wildman–Crippen MR) is 52.4 cm³/mol. The van der Waals surface area contributed by atoms with Crippen molar-refractivity contribution in [1.29, 1.82) is 0 Å². The third-order valence-corrected chi connectivity index (χ3v) is 2.99. The molecule has 2 atom stereocenters. The first-order valence-electron chi connectivity index (χ1n) is 5.35. The van der Waals surface area contributed by atoms with E-state index < -0.39 is 0 Å². The van der Waals surface area contributed by atoms with Crippen molar-refractivity contribution in [3.8, 4) is 0 Å². The van der Waals surface area contributed by atoms with E-state index in [1.54, 1.807) is 0 Å². The fourth-order valence-electron chi connectivity index (χ4n) is 2.16. The van der Waals surface area contributed by atoms with Gasteiger partial charge in [0.25, 0.3) is 0 Å². The second-order valence-corrected chi connectivity index (χ2v) is 4.11. The second kappa shape index (κ2) is 5.25. The van der Waals surface area contributed by atoms with Gasteiger partial charge in [-0.15, -0.1) is 0 Å². The highest BCUT2D eigenvalue weighted by molar-refractivity contribution is 5.65. The second-order valence-electron chi connectivity index (χ2n) is 4.11. The minimum atomic E-state index is -0.140. The zero-order valence-electron chi connectivity index (χ0n) is 8.71. The van der Waals surface area contributed by atoms with Crippen LogP contribution >= 0.6 is 0 Å². The van der Waals surface area contributed by atoms with Crippen molar-refractivity contribution >= 4 is 5.97 Å². The van der Waals surface area contributed by atoms with E-state index >= 15 is 0 Å². The highest BCUT2D eigenvalue weighted by Gasteiger charge is 2.21. The molecule has 1 aliphatic carbocycles. The van der Waals surface area contributed by atoms with Crippen molar-refractivity contribution in [2.45, 2.75) is 46.0 Å². The maximum absolute atomic E-state index is 10.6. The maximum atomic E-state index is 10.6. The van der Waals surface area contributed by atoms with Gasteiger partial charge in [-0.05, 0) is 24.7 Å². The molecule has 1 rings (SSSR count). The minimum absolute atomic E-state index is 0.140. The number of ether oxygens (including phenoxy) is 1. The molecule has 0 N–H and O–H groups in total. The summed E-state index contributed by atoms with van der Waals surface area (Å²) >= 11 is 0. The molecule has 1 saturated carbocycles. The van der Waals surface area contributed by atoms with Gasteiger partial charge < -0.3 is 4.74 Å². The summed E-state index contributed by atoms with van der Waals surface area (Å²) in [6, 6.07) is 0. The Balaban J connectivity index is 2.21. The Hall–Kier alpha value is -0.530. The zero-order valence-corrected chi connectivity index (χ0v) is 8.71. The number of hydrogen-bond donors (Lipinski definition) is 0. The Labute approximate surface area is 80.7 Å². The number of rotatable bonds is 3. The van der Waals surface area contributed by atoms with Crippen LogP contribution in [0.3, 0.4) is 0 Å². The number of carbonyl (C=O) groups excluding carboxylic acids is 1. The summed E-state index contributed by atoms with van der Waals surface area (Å²) < 4.78 is 5.04. The average molecular weight is 184 g/mol. The van der Waals surface area contributed by atoms with Crippen LogP contribution in [-0.4, -0.2) is 12.6 Å².